The lowest BCUT2D eigenvalue weighted by Crippen LogP contribution is -2.21. The maximum absolute atomic E-state index is 9.81. The maximum atomic E-state index is 9.81. The predicted octanol–water partition coefficient (Wildman–Crippen LogP) is 2.68. The van der Waals surface area contributed by atoms with Gasteiger partial charge in [-0.05, 0) is 19.4 Å². The van der Waals surface area contributed by atoms with Gasteiger partial charge >= 0.3 is 0 Å². The zero-order chi connectivity index (χ0) is 18.0. The van der Waals surface area contributed by atoms with Crippen LogP contribution in [0, 0.1) is 11.3 Å². The number of ether oxygens (including phenoxy) is 2. The molecule has 1 atom stereocenters. The molecular weight excluding hydrogens is 320 g/mol. The third-order valence-corrected chi connectivity index (χ3v) is 4.13. The van der Waals surface area contributed by atoms with Crippen LogP contribution in [0.1, 0.15) is 43.0 Å². The lowest BCUT2D eigenvalue weighted by atomic mass is 9.83. The van der Waals surface area contributed by atoms with Gasteiger partial charge in [0.2, 0.25) is 11.8 Å². The van der Waals surface area contributed by atoms with Crippen molar-refractivity contribution in [2.45, 2.75) is 32.6 Å². The van der Waals surface area contributed by atoms with Crippen molar-refractivity contribution in [2.24, 2.45) is 5.73 Å². The van der Waals surface area contributed by atoms with Gasteiger partial charge in [0, 0.05) is 17.3 Å². The van der Waals surface area contributed by atoms with Crippen LogP contribution in [0.4, 0.5) is 0 Å². The number of aromatic nitrogens is 2. The molecule has 3 rings (SSSR count). The molecule has 0 radical (unpaired) electrons. The maximum Gasteiger partial charge on any atom is 0.244 e. The largest absolute Gasteiger partial charge is 0.508 e. The van der Waals surface area contributed by atoms with E-state index in [0.29, 0.717) is 23.8 Å². The topological polar surface area (TPSA) is 117 Å². The fourth-order valence-electron chi connectivity index (χ4n) is 3.10. The molecule has 1 unspecified atom stereocenters. The Bertz CT molecular complexity index is 864. The molecule has 25 heavy (non-hydrogen) atoms. The summed E-state index contributed by atoms with van der Waals surface area (Å²) in [4.78, 5) is 0. The number of phenols is 1. The van der Waals surface area contributed by atoms with Crippen LogP contribution in [0.2, 0.25) is 0 Å². The molecule has 2 heterocycles. The van der Waals surface area contributed by atoms with E-state index >= 15 is 0 Å². The number of fused-ring (bicyclic) bond motifs is 1. The Hall–Kier alpha value is -3.14. The summed E-state index contributed by atoms with van der Waals surface area (Å²) in [6.07, 6.45) is 1.68. The van der Waals surface area contributed by atoms with Gasteiger partial charge in [-0.25, -0.2) is 0 Å². The second kappa shape index (κ2) is 6.77. The fourth-order valence-corrected chi connectivity index (χ4v) is 3.10. The van der Waals surface area contributed by atoms with Crippen molar-refractivity contribution in [3.05, 3.63) is 46.5 Å². The molecule has 4 N–H and O–H groups in total. The van der Waals surface area contributed by atoms with Crippen molar-refractivity contribution in [3.63, 3.8) is 0 Å². The number of allylic oxidation sites excluding steroid dienone is 1. The summed E-state index contributed by atoms with van der Waals surface area (Å²) < 4.78 is 11.2. The highest BCUT2D eigenvalue weighted by molar-refractivity contribution is 5.59. The Morgan fingerprint density at radius 3 is 2.92 bits per heavy atom. The number of nitrogens with zero attached hydrogens (tertiary/aromatic N) is 2. The molecular formula is C18H20N4O3. The number of nitrogens with two attached hydrogens (primary N) is 1. The molecule has 1 aromatic carbocycles. The third-order valence-electron chi connectivity index (χ3n) is 4.13. The standard InChI is InChI=1S/C18H20N4O3/c1-3-5-13-16-15(11-7-6-10(23)8-14(11)24-4-2)12(9-19)17(20)25-18(16)22-21-13/h6-8,15,23H,3-5,20H2,1-2H3,(H,21,22). The number of hydrogen-bond donors (Lipinski definition) is 3. The van der Waals surface area contributed by atoms with Crippen molar-refractivity contribution in [1.82, 2.24) is 10.2 Å². The summed E-state index contributed by atoms with van der Waals surface area (Å²) in [6.45, 7) is 4.35. The minimum absolute atomic E-state index is 0.0325. The van der Waals surface area contributed by atoms with E-state index in [4.69, 9.17) is 15.2 Å². The van der Waals surface area contributed by atoms with E-state index in [1.165, 1.54) is 0 Å². The number of benzene rings is 1. The van der Waals surface area contributed by atoms with E-state index in [9.17, 15) is 10.4 Å². The van der Waals surface area contributed by atoms with E-state index in [1.807, 2.05) is 6.92 Å². The average molecular weight is 340 g/mol. The predicted molar refractivity (Wildman–Crippen MR) is 91.2 cm³/mol. The zero-order valence-electron chi connectivity index (χ0n) is 14.2. The first-order valence-corrected chi connectivity index (χ1v) is 8.21. The summed E-state index contributed by atoms with van der Waals surface area (Å²) in [7, 11) is 0. The number of H-pyrrole nitrogens is 1. The number of aromatic hydroxyl groups is 1. The van der Waals surface area contributed by atoms with Gasteiger partial charge in [0.05, 0.1) is 18.1 Å². The molecule has 130 valence electrons. The van der Waals surface area contributed by atoms with Crippen LogP contribution in [-0.4, -0.2) is 21.9 Å². The normalized spacial score (nSPS) is 16.1. The van der Waals surface area contributed by atoms with E-state index in [0.717, 1.165) is 29.7 Å². The number of aryl methyl sites for hydroxylation is 1. The molecule has 1 aliphatic rings. The minimum atomic E-state index is -0.462. The van der Waals surface area contributed by atoms with Gasteiger partial charge in [-0.15, -0.1) is 5.10 Å². The Morgan fingerprint density at radius 1 is 1.44 bits per heavy atom. The Morgan fingerprint density at radius 2 is 2.24 bits per heavy atom. The molecule has 0 saturated heterocycles. The van der Waals surface area contributed by atoms with Crippen molar-refractivity contribution >= 4 is 0 Å². The average Bonchev–Trinajstić information content (AvgIpc) is 2.97. The Labute approximate surface area is 145 Å². The number of hydrogen-bond acceptors (Lipinski definition) is 6. The SMILES string of the molecule is CCCc1[nH]nc2c1C(c1ccc(O)cc1OCC)C(C#N)=C(N)O2. The van der Waals surface area contributed by atoms with Crippen molar-refractivity contribution in [3.8, 4) is 23.4 Å². The van der Waals surface area contributed by atoms with E-state index in [1.54, 1.807) is 18.2 Å². The first-order valence-electron chi connectivity index (χ1n) is 8.21. The minimum Gasteiger partial charge on any atom is -0.508 e. The van der Waals surface area contributed by atoms with Crippen LogP contribution < -0.4 is 15.2 Å². The molecule has 2 aromatic rings. The van der Waals surface area contributed by atoms with Gasteiger partial charge in [0.25, 0.3) is 0 Å². The summed E-state index contributed by atoms with van der Waals surface area (Å²) in [6, 6.07) is 7.01. The monoisotopic (exact) mass is 340 g/mol. The summed E-state index contributed by atoms with van der Waals surface area (Å²) in [5.74, 6) is 0.544. The van der Waals surface area contributed by atoms with Gasteiger partial charge in [0.1, 0.15) is 23.1 Å². The second-order valence-corrected chi connectivity index (χ2v) is 5.75. The first kappa shape index (κ1) is 16.7. The lowest BCUT2D eigenvalue weighted by molar-refractivity contribution is 0.331. The fraction of sp³-hybridized carbons (Fsp3) is 0.333. The first-order chi connectivity index (χ1) is 12.1. The number of rotatable bonds is 5. The number of nitriles is 1. The molecule has 0 fully saturated rings. The number of nitrogens with one attached hydrogen (secondary N) is 1. The summed E-state index contributed by atoms with van der Waals surface area (Å²) in [5.41, 5.74) is 8.69. The Kier molecular flexibility index (Phi) is 4.52. The quantitative estimate of drug-likeness (QED) is 0.770. The Balaban J connectivity index is 2.23. The molecule has 1 aromatic heterocycles. The van der Waals surface area contributed by atoms with E-state index in [-0.39, 0.29) is 11.6 Å². The highest BCUT2D eigenvalue weighted by Crippen LogP contribution is 2.46. The van der Waals surface area contributed by atoms with Crippen molar-refractivity contribution in [1.29, 1.82) is 5.26 Å². The van der Waals surface area contributed by atoms with Crippen molar-refractivity contribution in [2.75, 3.05) is 6.61 Å². The zero-order valence-corrected chi connectivity index (χ0v) is 14.2. The molecule has 0 amide bonds. The highest BCUT2D eigenvalue weighted by atomic mass is 16.5. The molecule has 0 saturated carbocycles. The van der Waals surface area contributed by atoms with Crippen LogP contribution >= 0.6 is 0 Å². The van der Waals surface area contributed by atoms with Gasteiger partial charge in [0.15, 0.2) is 0 Å². The third kappa shape index (κ3) is 2.87. The van der Waals surface area contributed by atoms with Crippen molar-refractivity contribution < 1.29 is 14.6 Å². The summed E-state index contributed by atoms with van der Waals surface area (Å²) in [5, 5.41) is 26.7. The lowest BCUT2D eigenvalue weighted by Gasteiger charge is -2.25. The molecule has 7 heteroatoms. The van der Waals surface area contributed by atoms with E-state index < -0.39 is 5.92 Å². The van der Waals surface area contributed by atoms with Gasteiger partial charge in [-0.1, -0.05) is 19.4 Å². The van der Waals surface area contributed by atoms with Crippen LogP contribution in [0.15, 0.2) is 29.7 Å². The van der Waals surface area contributed by atoms with Crippen LogP contribution in [0.3, 0.4) is 0 Å². The highest BCUT2D eigenvalue weighted by Gasteiger charge is 2.36. The van der Waals surface area contributed by atoms with Crippen LogP contribution in [-0.2, 0) is 6.42 Å². The van der Waals surface area contributed by atoms with Gasteiger partial charge in [-0.3, -0.25) is 5.10 Å². The second-order valence-electron chi connectivity index (χ2n) is 5.75. The molecule has 0 bridgehead atoms. The smallest absolute Gasteiger partial charge is 0.244 e. The summed E-state index contributed by atoms with van der Waals surface area (Å²) >= 11 is 0. The van der Waals surface area contributed by atoms with Crippen LogP contribution in [0.5, 0.6) is 17.4 Å². The molecule has 1 aliphatic heterocycles. The van der Waals surface area contributed by atoms with Crippen LogP contribution in [0.25, 0.3) is 0 Å². The van der Waals surface area contributed by atoms with Gasteiger partial charge in [-0.2, -0.15) is 5.26 Å². The molecule has 0 aliphatic carbocycles. The van der Waals surface area contributed by atoms with Gasteiger partial charge < -0.3 is 20.3 Å². The molecule has 0 spiro atoms. The molecule has 7 nitrogen and oxygen atoms in total. The number of aromatic amines is 1. The van der Waals surface area contributed by atoms with E-state index in [2.05, 4.69) is 23.2 Å². The number of phenolic OH excluding ortho intramolecular Hbond substituents is 1.